The molecule has 0 saturated carbocycles. The van der Waals surface area contributed by atoms with Gasteiger partial charge in [-0.25, -0.2) is 4.52 Å². The monoisotopic (exact) mass is 192 g/mol. The SMILES string of the molecule is N/P=N\POCC(F)(F)F. The van der Waals surface area contributed by atoms with Crippen molar-refractivity contribution >= 4 is 17.5 Å². The summed E-state index contributed by atoms with van der Waals surface area (Å²) in [5.41, 5.74) is 4.83. The van der Waals surface area contributed by atoms with Gasteiger partial charge in [-0.1, -0.05) is 0 Å². The Hall–Kier alpha value is 0.240. The fourth-order valence-electron chi connectivity index (χ4n) is 0.167. The second-order valence-electron chi connectivity index (χ2n) is 1.21. The Morgan fingerprint density at radius 2 is 2.20 bits per heavy atom. The molecule has 3 nitrogen and oxygen atoms in total. The van der Waals surface area contributed by atoms with Crippen LogP contribution in [0.1, 0.15) is 0 Å². The van der Waals surface area contributed by atoms with Crippen LogP contribution in [0.3, 0.4) is 0 Å². The smallest absolute Gasteiger partial charge is 0.330 e. The van der Waals surface area contributed by atoms with Crippen LogP contribution < -0.4 is 5.50 Å². The lowest BCUT2D eigenvalue weighted by Crippen LogP contribution is -2.13. The van der Waals surface area contributed by atoms with Gasteiger partial charge in [0, 0.05) is 0 Å². The van der Waals surface area contributed by atoms with Crippen LogP contribution in [0.25, 0.3) is 0 Å². The molecule has 0 rings (SSSR count). The van der Waals surface area contributed by atoms with Crippen LogP contribution >= 0.6 is 17.5 Å². The standard InChI is InChI=1S/C2H5F3N2OP2/c3-2(4,5)1-8-10-7-9-6/h10H,1H2,(H2,6,7). The molecule has 8 heteroatoms. The van der Waals surface area contributed by atoms with Crippen LogP contribution in [0.4, 0.5) is 13.2 Å². The maximum Gasteiger partial charge on any atom is 0.412 e. The highest BCUT2D eigenvalue weighted by atomic mass is 31.1. The summed E-state index contributed by atoms with van der Waals surface area (Å²) in [4.78, 5) is 0. The molecule has 0 amide bonds. The van der Waals surface area contributed by atoms with Gasteiger partial charge in [-0.15, -0.1) is 0 Å². The maximum absolute atomic E-state index is 11.3. The van der Waals surface area contributed by atoms with Crippen molar-refractivity contribution in [1.82, 2.24) is 0 Å². The quantitative estimate of drug-likeness (QED) is 0.549. The van der Waals surface area contributed by atoms with Gasteiger partial charge in [0.1, 0.15) is 15.6 Å². The predicted molar refractivity (Wildman–Crippen MR) is 33.9 cm³/mol. The summed E-state index contributed by atoms with van der Waals surface area (Å²) in [7, 11) is -0.330. The van der Waals surface area contributed by atoms with Gasteiger partial charge in [-0.05, 0) is 0 Å². The second kappa shape index (κ2) is 4.97. The highest BCUT2D eigenvalue weighted by Crippen LogP contribution is 2.23. The molecule has 0 aromatic heterocycles. The van der Waals surface area contributed by atoms with E-state index in [9.17, 15) is 13.2 Å². The maximum atomic E-state index is 11.3. The molecule has 1 atom stereocenters. The summed E-state index contributed by atoms with van der Waals surface area (Å²) < 4.78 is 41.3. The molecular formula is C2H5F3N2OP2. The number of nitrogens with zero attached hydrogens (tertiary/aromatic N) is 1. The van der Waals surface area contributed by atoms with Crippen molar-refractivity contribution in [2.75, 3.05) is 6.61 Å². The molecule has 0 radical (unpaired) electrons. The Morgan fingerprint density at radius 3 is 2.60 bits per heavy atom. The molecule has 0 spiro atoms. The minimum atomic E-state index is -4.27. The molecule has 1 unspecified atom stereocenters. The van der Waals surface area contributed by atoms with E-state index < -0.39 is 21.7 Å². The van der Waals surface area contributed by atoms with Crippen LogP contribution in [0.2, 0.25) is 0 Å². The summed E-state index contributed by atoms with van der Waals surface area (Å²) in [6.45, 7) is -1.26. The topological polar surface area (TPSA) is 47.6 Å². The molecule has 10 heavy (non-hydrogen) atoms. The molecule has 0 aliphatic carbocycles. The fraction of sp³-hybridized carbons (Fsp3) is 1.00. The zero-order valence-corrected chi connectivity index (χ0v) is 6.62. The summed E-state index contributed by atoms with van der Waals surface area (Å²) in [6.07, 6.45) is -4.27. The lowest BCUT2D eigenvalue weighted by atomic mass is 10.7. The third-order valence-corrected chi connectivity index (χ3v) is 1.46. The molecule has 2 N–H and O–H groups in total. The zero-order chi connectivity index (χ0) is 8.04. The highest BCUT2D eigenvalue weighted by molar-refractivity contribution is 7.40. The second-order valence-corrected chi connectivity index (χ2v) is 2.71. The summed E-state index contributed by atoms with van der Waals surface area (Å²) in [6, 6.07) is 0. The van der Waals surface area contributed by atoms with Gasteiger partial charge in [0.05, 0.1) is 8.52 Å². The fourth-order valence-corrected chi connectivity index (χ4v) is 0.814. The Labute approximate surface area is 59.0 Å². The van der Waals surface area contributed by atoms with E-state index in [-0.39, 0.29) is 8.52 Å². The average Bonchev–Trinajstić information content (AvgIpc) is 1.78. The van der Waals surface area contributed by atoms with Gasteiger partial charge in [0.25, 0.3) is 0 Å². The lowest BCUT2D eigenvalue weighted by molar-refractivity contribution is -0.151. The van der Waals surface area contributed by atoms with Crippen molar-refractivity contribution < 1.29 is 17.7 Å². The number of hydrogen-bond acceptors (Lipinski definition) is 2. The van der Waals surface area contributed by atoms with Crippen LogP contribution in [-0.4, -0.2) is 12.8 Å². The zero-order valence-electron chi connectivity index (χ0n) is 4.72. The van der Waals surface area contributed by atoms with Gasteiger partial charge < -0.3 is 4.52 Å². The first kappa shape index (κ1) is 10.2. The van der Waals surface area contributed by atoms with E-state index >= 15 is 0 Å². The molecule has 0 heterocycles. The average molecular weight is 192 g/mol. The molecule has 60 valence electrons. The van der Waals surface area contributed by atoms with E-state index in [4.69, 9.17) is 5.50 Å². The lowest BCUT2D eigenvalue weighted by Gasteiger charge is -2.03. The molecule has 0 fully saturated rings. The normalized spacial score (nSPS) is 14.0. The van der Waals surface area contributed by atoms with Crippen molar-refractivity contribution in [3.05, 3.63) is 0 Å². The van der Waals surface area contributed by atoms with Gasteiger partial charge in [-0.3, -0.25) is 5.50 Å². The van der Waals surface area contributed by atoms with Gasteiger partial charge in [0.2, 0.25) is 0 Å². The summed E-state index contributed by atoms with van der Waals surface area (Å²) >= 11 is 0. The van der Waals surface area contributed by atoms with Gasteiger partial charge in [0.15, 0.2) is 0 Å². The van der Waals surface area contributed by atoms with E-state index in [1.807, 2.05) is 0 Å². The molecule has 0 saturated heterocycles. The van der Waals surface area contributed by atoms with Gasteiger partial charge in [-0.2, -0.15) is 13.2 Å². The van der Waals surface area contributed by atoms with E-state index in [0.29, 0.717) is 0 Å². The Morgan fingerprint density at radius 1 is 1.60 bits per heavy atom. The molecule has 0 aliphatic heterocycles. The first-order valence-corrected chi connectivity index (χ1v) is 3.87. The van der Waals surface area contributed by atoms with Crippen molar-refractivity contribution in [3.63, 3.8) is 0 Å². The van der Waals surface area contributed by atoms with Gasteiger partial charge >= 0.3 is 6.18 Å². The number of halogens is 3. The highest BCUT2D eigenvalue weighted by Gasteiger charge is 2.27. The van der Waals surface area contributed by atoms with Crippen LogP contribution in [-0.2, 0) is 4.52 Å². The third kappa shape index (κ3) is 8.24. The largest absolute Gasteiger partial charge is 0.412 e. The van der Waals surface area contributed by atoms with E-state index in [2.05, 4.69) is 9.04 Å². The first-order chi connectivity index (χ1) is 4.56. The minimum absolute atomic E-state index is 0.197. The van der Waals surface area contributed by atoms with E-state index in [0.717, 1.165) is 0 Å². The molecule has 0 aromatic rings. The number of nitrogens with two attached hydrogens (primary N) is 1. The van der Waals surface area contributed by atoms with Crippen molar-refractivity contribution in [1.29, 1.82) is 0 Å². The molecule has 0 aliphatic rings. The van der Waals surface area contributed by atoms with E-state index in [1.165, 1.54) is 0 Å². The Bertz CT molecular complexity index is 116. The summed E-state index contributed by atoms with van der Waals surface area (Å²) in [5, 5.41) is 0. The van der Waals surface area contributed by atoms with E-state index in [1.54, 1.807) is 0 Å². The van der Waals surface area contributed by atoms with Crippen molar-refractivity contribution in [3.8, 4) is 0 Å². The summed E-state index contributed by atoms with van der Waals surface area (Å²) in [5.74, 6) is 0. The van der Waals surface area contributed by atoms with Crippen LogP contribution in [0.15, 0.2) is 4.52 Å². The van der Waals surface area contributed by atoms with Crippen LogP contribution in [0.5, 0.6) is 0 Å². The Balaban J connectivity index is 3.20. The molecule has 0 aromatic carbocycles. The minimum Gasteiger partial charge on any atom is -0.330 e. The number of alkyl halides is 3. The predicted octanol–water partition coefficient (Wildman–Crippen LogP) is 2.08. The van der Waals surface area contributed by atoms with Crippen LogP contribution in [0, 0.1) is 0 Å². The first-order valence-electron chi connectivity index (χ1n) is 2.10. The third-order valence-electron chi connectivity index (χ3n) is 0.399. The molecule has 0 bridgehead atoms. The number of rotatable bonds is 3. The van der Waals surface area contributed by atoms with Crippen molar-refractivity contribution in [2.24, 2.45) is 10.0 Å². The molecular weight excluding hydrogens is 187 g/mol. The van der Waals surface area contributed by atoms with Crippen molar-refractivity contribution in [2.45, 2.75) is 6.18 Å². The number of hydrogen-bond donors (Lipinski definition) is 1. The Kier molecular flexibility index (Phi) is 5.09.